The summed E-state index contributed by atoms with van der Waals surface area (Å²) in [5, 5.41) is 0. The molecule has 1 aliphatic heterocycles. The number of halogens is 1. The van der Waals surface area contributed by atoms with E-state index in [0.29, 0.717) is 5.89 Å². The van der Waals surface area contributed by atoms with Crippen LogP contribution in [0.3, 0.4) is 0 Å². The molecule has 0 N–H and O–H groups in total. The molecule has 0 spiro atoms. The van der Waals surface area contributed by atoms with E-state index >= 15 is 0 Å². The first kappa shape index (κ1) is 12.8. The van der Waals surface area contributed by atoms with Gasteiger partial charge in [-0.1, -0.05) is 15.9 Å². The predicted octanol–water partition coefficient (Wildman–Crippen LogP) is 4.25. The lowest BCUT2D eigenvalue weighted by Crippen LogP contribution is -2.18. The molecular formula is C16H14BrN3O. The molecule has 2 aromatic heterocycles. The third-order valence-electron chi connectivity index (χ3n) is 3.78. The molecule has 0 amide bonds. The van der Waals surface area contributed by atoms with Gasteiger partial charge in [0, 0.05) is 23.8 Å². The number of nitrogens with zero attached hydrogens (tertiary/aromatic N) is 3. The van der Waals surface area contributed by atoms with Crippen molar-refractivity contribution < 1.29 is 4.42 Å². The molecule has 4 rings (SSSR count). The number of benzene rings is 1. The van der Waals surface area contributed by atoms with Crippen LogP contribution in [0.15, 0.2) is 45.4 Å². The summed E-state index contributed by atoms with van der Waals surface area (Å²) in [6.07, 6.45) is 4.35. The van der Waals surface area contributed by atoms with Gasteiger partial charge in [0.05, 0.1) is 5.56 Å². The zero-order valence-corrected chi connectivity index (χ0v) is 13.0. The van der Waals surface area contributed by atoms with Gasteiger partial charge in [0.15, 0.2) is 5.58 Å². The van der Waals surface area contributed by atoms with Crippen LogP contribution < -0.4 is 4.90 Å². The Morgan fingerprint density at radius 1 is 1.10 bits per heavy atom. The molecule has 3 aromatic rings. The Labute approximate surface area is 130 Å². The lowest BCUT2D eigenvalue weighted by atomic mass is 10.3. The maximum absolute atomic E-state index is 5.81. The number of hydrogen-bond acceptors (Lipinski definition) is 4. The largest absolute Gasteiger partial charge is 0.436 e. The smallest absolute Gasteiger partial charge is 0.228 e. The van der Waals surface area contributed by atoms with E-state index in [4.69, 9.17) is 4.42 Å². The molecule has 0 atom stereocenters. The lowest BCUT2D eigenvalue weighted by Gasteiger charge is -2.15. The van der Waals surface area contributed by atoms with Crippen molar-refractivity contribution >= 4 is 32.8 Å². The fourth-order valence-electron chi connectivity index (χ4n) is 2.67. The second-order valence-corrected chi connectivity index (χ2v) is 6.15. The van der Waals surface area contributed by atoms with Gasteiger partial charge in [-0.3, -0.25) is 0 Å². The number of pyridine rings is 1. The van der Waals surface area contributed by atoms with Gasteiger partial charge in [-0.05, 0) is 43.2 Å². The minimum absolute atomic E-state index is 0.614. The van der Waals surface area contributed by atoms with Gasteiger partial charge >= 0.3 is 0 Å². The number of aromatic nitrogens is 2. The maximum Gasteiger partial charge on any atom is 0.228 e. The monoisotopic (exact) mass is 343 g/mol. The van der Waals surface area contributed by atoms with E-state index in [2.05, 4.69) is 30.8 Å². The van der Waals surface area contributed by atoms with Crippen molar-refractivity contribution in [2.75, 3.05) is 18.0 Å². The average Bonchev–Trinajstić information content (AvgIpc) is 3.16. The molecule has 5 heteroatoms. The van der Waals surface area contributed by atoms with Crippen LogP contribution >= 0.6 is 15.9 Å². The standard InChI is InChI=1S/C16H14BrN3O/c17-12-4-5-13-14(9-12)21-16(19-13)11-3-6-15(18-10-11)20-7-1-2-8-20/h3-6,9-10H,1-2,7-8H2. The van der Waals surface area contributed by atoms with Gasteiger partial charge in [-0.25, -0.2) is 9.97 Å². The highest BCUT2D eigenvalue weighted by molar-refractivity contribution is 9.10. The summed E-state index contributed by atoms with van der Waals surface area (Å²) in [5.74, 6) is 1.65. The Morgan fingerprint density at radius 3 is 2.71 bits per heavy atom. The van der Waals surface area contributed by atoms with Crippen molar-refractivity contribution in [2.45, 2.75) is 12.8 Å². The highest BCUT2D eigenvalue weighted by Crippen LogP contribution is 2.27. The van der Waals surface area contributed by atoms with Crippen molar-refractivity contribution in [1.29, 1.82) is 0 Å². The molecule has 1 saturated heterocycles. The molecule has 4 nitrogen and oxygen atoms in total. The summed E-state index contributed by atoms with van der Waals surface area (Å²) < 4.78 is 6.79. The van der Waals surface area contributed by atoms with Crippen LogP contribution in [0.25, 0.3) is 22.6 Å². The van der Waals surface area contributed by atoms with E-state index in [1.54, 1.807) is 0 Å². The van der Waals surface area contributed by atoms with Crippen LogP contribution in [0, 0.1) is 0 Å². The third-order valence-corrected chi connectivity index (χ3v) is 4.27. The van der Waals surface area contributed by atoms with Gasteiger partial charge in [-0.2, -0.15) is 0 Å². The molecule has 0 aliphatic carbocycles. The Morgan fingerprint density at radius 2 is 1.95 bits per heavy atom. The van der Waals surface area contributed by atoms with E-state index in [1.165, 1.54) is 12.8 Å². The first-order valence-corrected chi connectivity index (χ1v) is 7.86. The molecule has 3 heterocycles. The van der Waals surface area contributed by atoms with E-state index in [0.717, 1.165) is 40.0 Å². The van der Waals surface area contributed by atoms with Gasteiger partial charge in [0.1, 0.15) is 11.3 Å². The quantitative estimate of drug-likeness (QED) is 0.697. The number of hydrogen-bond donors (Lipinski definition) is 0. The highest BCUT2D eigenvalue weighted by Gasteiger charge is 2.14. The minimum Gasteiger partial charge on any atom is -0.436 e. The summed E-state index contributed by atoms with van der Waals surface area (Å²) in [4.78, 5) is 11.4. The van der Waals surface area contributed by atoms with E-state index in [1.807, 2.05) is 36.5 Å². The van der Waals surface area contributed by atoms with Gasteiger partial charge in [0.25, 0.3) is 0 Å². The normalized spacial score (nSPS) is 15.0. The van der Waals surface area contributed by atoms with Crippen molar-refractivity contribution in [1.82, 2.24) is 9.97 Å². The Bertz CT molecular complexity index is 776. The fourth-order valence-corrected chi connectivity index (χ4v) is 3.01. The summed E-state index contributed by atoms with van der Waals surface area (Å²) in [6, 6.07) is 9.91. The van der Waals surface area contributed by atoms with Crippen molar-refractivity contribution in [3.05, 3.63) is 41.0 Å². The second-order valence-electron chi connectivity index (χ2n) is 5.23. The van der Waals surface area contributed by atoms with Gasteiger partial charge in [-0.15, -0.1) is 0 Å². The summed E-state index contributed by atoms with van der Waals surface area (Å²) in [5.41, 5.74) is 2.55. The minimum atomic E-state index is 0.614. The van der Waals surface area contributed by atoms with Crippen LogP contribution in [0.2, 0.25) is 0 Å². The van der Waals surface area contributed by atoms with Crippen molar-refractivity contribution in [2.24, 2.45) is 0 Å². The average molecular weight is 344 g/mol. The van der Waals surface area contributed by atoms with E-state index in [-0.39, 0.29) is 0 Å². The number of fused-ring (bicyclic) bond motifs is 1. The van der Waals surface area contributed by atoms with Gasteiger partial charge < -0.3 is 9.32 Å². The van der Waals surface area contributed by atoms with E-state index < -0.39 is 0 Å². The number of rotatable bonds is 2. The van der Waals surface area contributed by atoms with Crippen LogP contribution in [-0.4, -0.2) is 23.1 Å². The molecule has 0 bridgehead atoms. The van der Waals surface area contributed by atoms with Crippen molar-refractivity contribution in [3.8, 4) is 11.5 Å². The van der Waals surface area contributed by atoms with Gasteiger partial charge in [0.2, 0.25) is 5.89 Å². The van der Waals surface area contributed by atoms with E-state index in [9.17, 15) is 0 Å². The predicted molar refractivity (Wildman–Crippen MR) is 86.4 cm³/mol. The third kappa shape index (κ3) is 2.42. The summed E-state index contributed by atoms with van der Waals surface area (Å²) >= 11 is 3.44. The molecule has 0 unspecified atom stereocenters. The second kappa shape index (κ2) is 5.15. The molecule has 0 saturated carbocycles. The molecule has 106 valence electrons. The molecule has 1 aromatic carbocycles. The van der Waals surface area contributed by atoms with Crippen molar-refractivity contribution in [3.63, 3.8) is 0 Å². The Balaban J connectivity index is 1.67. The van der Waals surface area contributed by atoms with Crippen LogP contribution in [0.4, 0.5) is 5.82 Å². The molecule has 0 radical (unpaired) electrons. The van der Waals surface area contributed by atoms with Crippen LogP contribution in [-0.2, 0) is 0 Å². The first-order valence-electron chi connectivity index (χ1n) is 7.07. The zero-order valence-electron chi connectivity index (χ0n) is 11.4. The lowest BCUT2D eigenvalue weighted by molar-refractivity contribution is 0.619. The molecular weight excluding hydrogens is 330 g/mol. The highest BCUT2D eigenvalue weighted by atomic mass is 79.9. The molecule has 1 fully saturated rings. The number of oxazole rings is 1. The summed E-state index contributed by atoms with van der Waals surface area (Å²) in [7, 11) is 0. The maximum atomic E-state index is 5.81. The topological polar surface area (TPSA) is 42.2 Å². The SMILES string of the molecule is Brc1ccc2nc(-c3ccc(N4CCCC4)nc3)oc2c1. The molecule has 1 aliphatic rings. The van der Waals surface area contributed by atoms with Crippen LogP contribution in [0.5, 0.6) is 0 Å². The fraction of sp³-hybridized carbons (Fsp3) is 0.250. The van der Waals surface area contributed by atoms with Crippen LogP contribution in [0.1, 0.15) is 12.8 Å². The Kier molecular flexibility index (Phi) is 3.15. The molecule has 21 heavy (non-hydrogen) atoms. The Hall–Kier alpha value is -1.88. The summed E-state index contributed by atoms with van der Waals surface area (Å²) in [6.45, 7) is 2.20. The zero-order chi connectivity index (χ0) is 14.2. The number of anilines is 1. The first-order chi connectivity index (χ1) is 10.3.